The molecule has 0 N–H and O–H groups in total. The lowest BCUT2D eigenvalue weighted by Gasteiger charge is -2.04. The first kappa shape index (κ1) is 14.3. The van der Waals surface area contributed by atoms with Crippen LogP contribution < -0.4 is 0 Å². The maximum Gasteiger partial charge on any atom is 0.194 e. The first-order valence-electron chi connectivity index (χ1n) is 6.20. The van der Waals surface area contributed by atoms with Crippen LogP contribution in [0.15, 0.2) is 36.4 Å². The van der Waals surface area contributed by atoms with Crippen molar-refractivity contribution in [2.45, 2.75) is 19.8 Å². The van der Waals surface area contributed by atoms with Crippen molar-refractivity contribution in [3.63, 3.8) is 0 Å². The molecular weight excluding hydrogens is 265 g/mol. The molecular formula is C16H13F3O. The van der Waals surface area contributed by atoms with Crippen LogP contribution in [0, 0.1) is 24.4 Å². The van der Waals surface area contributed by atoms with Gasteiger partial charge in [0.25, 0.3) is 0 Å². The summed E-state index contributed by atoms with van der Waals surface area (Å²) in [5, 5.41) is 0. The monoisotopic (exact) mass is 278 g/mol. The third kappa shape index (κ3) is 3.26. The van der Waals surface area contributed by atoms with Gasteiger partial charge < -0.3 is 0 Å². The predicted molar refractivity (Wildman–Crippen MR) is 70.1 cm³/mol. The summed E-state index contributed by atoms with van der Waals surface area (Å²) in [6.45, 7) is 1.92. The molecule has 2 aromatic carbocycles. The fourth-order valence-corrected chi connectivity index (χ4v) is 1.89. The fraction of sp³-hybridized carbons (Fsp3) is 0.188. The minimum absolute atomic E-state index is 0.116. The highest BCUT2D eigenvalue weighted by atomic mass is 19.2. The Morgan fingerprint density at radius 1 is 1.00 bits per heavy atom. The van der Waals surface area contributed by atoms with Crippen molar-refractivity contribution in [3.05, 3.63) is 70.5 Å². The first-order chi connectivity index (χ1) is 9.47. The summed E-state index contributed by atoms with van der Waals surface area (Å²) >= 11 is 0. The zero-order valence-electron chi connectivity index (χ0n) is 10.9. The van der Waals surface area contributed by atoms with Crippen LogP contribution in [0.4, 0.5) is 13.2 Å². The van der Waals surface area contributed by atoms with Crippen LogP contribution in [0.5, 0.6) is 0 Å². The van der Waals surface area contributed by atoms with Gasteiger partial charge in [-0.3, -0.25) is 4.79 Å². The van der Waals surface area contributed by atoms with E-state index >= 15 is 0 Å². The van der Waals surface area contributed by atoms with Gasteiger partial charge in [-0.2, -0.15) is 0 Å². The number of rotatable bonds is 4. The summed E-state index contributed by atoms with van der Waals surface area (Å²) in [7, 11) is 0. The second kappa shape index (κ2) is 5.90. The first-order valence-corrected chi connectivity index (χ1v) is 6.20. The van der Waals surface area contributed by atoms with Crippen LogP contribution in [0.2, 0.25) is 0 Å². The van der Waals surface area contributed by atoms with E-state index in [4.69, 9.17) is 0 Å². The van der Waals surface area contributed by atoms with Crippen LogP contribution in [0.1, 0.15) is 27.9 Å². The Labute approximate surface area is 115 Å². The number of Topliss-reactive ketones (excluding diaryl/α,β-unsaturated/α-hetero) is 1. The van der Waals surface area contributed by atoms with Gasteiger partial charge in [0.1, 0.15) is 0 Å². The van der Waals surface area contributed by atoms with Gasteiger partial charge in [-0.05, 0) is 31.0 Å². The molecule has 0 aromatic heterocycles. The van der Waals surface area contributed by atoms with Gasteiger partial charge in [0.05, 0.1) is 0 Å². The van der Waals surface area contributed by atoms with Crippen molar-refractivity contribution in [1.82, 2.24) is 0 Å². The largest absolute Gasteiger partial charge is 0.294 e. The molecule has 0 atom stereocenters. The molecule has 0 aliphatic carbocycles. The van der Waals surface area contributed by atoms with E-state index in [9.17, 15) is 18.0 Å². The number of aryl methyl sites for hydroxylation is 2. The van der Waals surface area contributed by atoms with E-state index in [1.54, 1.807) is 12.1 Å². The molecule has 0 radical (unpaired) electrons. The lowest BCUT2D eigenvalue weighted by molar-refractivity contribution is 0.0982. The Balaban J connectivity index is 2.05. The molecule has 0 saturated carbocycles. The van der Waals surface area contributed by atoms with E-state index in [1.165, 1.54) is 0 Å². The van der Waals surface area contributed by atoms with Crippen LogP contribution in [0.3, 0.4) is 0 Å². The highest BCUT2D eigenvalue weighted by molar-refractivity contribution is 5.96. The molecule has 4 heteroatoms. The third-order valence-corrected chi connectivity index (χ3v) is 3.06. The zero-order chi connectivity index (χ0) is 14.7. The molecule has 20 heavy (non-hydrogen) atoms. The summed E-state index contributed by atoms with van der Waals surface area (Å²) < 4.78 is 38.9. The van der Waals surface area contributed by atoms with Crippen molar-refractivity contribution in [3.8, 4) is 0 Å². The van der Waals surface area contributed by atoms with Gasteiger partial charge in [0, 0.05) is 12.0 Å². The molecule has 0 unspecified atom stereocenters. The maximum atomic E-state index is 13.0. The molecule has 2 aromatic rings. The predicted octanol–water partition coefficient (Wildman–Crippen LogP) is 4.23. The van der Waals surface area contributed by atoms with Crippen molar-refractivity contribution < 1.29 is 18.0 Å². The summed E-state index contributed by atoms with van der Waals surface area (Å²) in [5.74, 6) is -4.07. The molecule has 2 rings (SSSR count). The topological polar surface area (TPSA) is 17.1 Å². The second-order valence-electron chi connectivity index (χ2n) is 4.66. The van der Waals surface area contributed by atoms with Gasteiger partial charge in [0.2, 0.25) is 0 Å². The van der Waals surface area contributed by atoms with Crippen molar-refractivity contribution in [1.29, 1.82) is 0 Å². The normalized spacial score (nSPS) is 10.6. The van der Waals surface area contributed by atoms with E-state index in [2.05, 4.69) is 0 Å². The number of carbonyl (C=O) groups excluding carboxylic acids is 1. The van der Waals surface area contributed by atoms with Crippen LogP contribution in [0.25, 0.3) is 0 Å². The number of hydrogen-bond donors (Lipinski definition) is 0. The number of carbonyl (C=O) groups is 1. The Morgan fingerprint density at radius 2 is 1.55 bits per heavy atom. The molecule has 0 fully saturated rings. The van der Waals surface area contributed by atoms with Crippen LogP contribution in [-0.2, 0) is 6.42 Å². The van der Waals surface area contributed by atoms with Gasteiger partial charge >= 0.3 is 0 Å². The van der Waals surface area contributed by atoms with E-state index < -0.39 is 17.5 Å². The molecule has 0 heterocycles. The van der Waals surface area contributed by atoms with Gasteiger partial charge in [0.15, 0.2) is 23.2 Å². The number of ketones is 1. The van der Waals surface area contributed by atoms with Crippen molar-refractivity contribution in [2.75, 3.05) is 0 Å². The van der Waals surface area contributed by atoms with E-state index in [0.29, 0.717) is 5.56 Å². The molecule has 0 aliphatic rings. The summed E-state index contributed by atoms with van der Waals surface area (Å²) in [5.41, 5.74) is 1.87. The molecule has 0 spiro atoms. The van der Waals surface area contributed by atoms with Crippen molar-refractivity contribution >= 4 is 5.78 Å². The SMILES string of the molecule is Cc1ccc(C(=O)CCc2cc(F)c(F)c(F)c2)cc1. The summed E-state index contributed by atoms with van der Waals surface area (Å²) in [4.78, 5) is 11.9. The molecule has 0 aliphatic heterocycles. The van der Waals surface area contributed by atoms with E-state index in [-0.39, 0.29) is 24.2 Å². The van der Waals surface area contributed by atoms with Crippen molar-refractivity contribution in [2.24, 2.45) is 0 Å². The Hall–Kier alpha value is -2.10. The average Bonchev–Trinajstić information content (AvgIpc) is 2.42. The lowest BCUT2D eigenvalue weighted by Crippen LogP contribution is -2.02. The third-order valence-electron chi connectivity index (χ3n) is 3.06. The Morgan fingerprint density at radius 3 is 2.10 bits per heavy atom. The molecule has 1 nitrogen and oxygen atoms in total. The number of halogens is 3. The van der Waals surface area contributed by atoms with Gasteiger partial charge in [-0.1, -0.05) is 29.8 Å². The van der Waals surface area contributed by atoms with Crippen LogP contribution >= 0.6 is 0 Å². The summed E-state index contributed by atoms with van der Waals surface area (Å²) in [6, 6.07) is 8.91. The highest BCUT2D eigenvalue weighted by Crippen LogP contribution is 2.16. The van der Waals surface area contributed by atoms with Crippen LogP contribution in [-0.4, -0.2) is 5.78 Å². The Bertz CT molecular complexity index is 610. The zero-order valence-corrected chi connectivity index (χ0v) is 10.9. The molecule has 0 amide bonds. The number of hydrogen-bond acceptors (Lipinski definition) is 1. The Kier molecular flexibility index (Phi) is 4.23. The summed E-state index contributed by atoms with van der Waals surface area (Å²) in [6.07, 6.45) is 0.286. The minimum atomic E-state index is -1.49. The van der Waals surface area contributed by atoms with E-state index in [0.717, 1.165) is 17.7 Å². The standard InChI is InChI=1S/C16H13F3O/c1-10-2-5-12(6-3-10)15(20)7-4-11-8-13(17)16(19)14(18)9-11/h2-3,5-6,8-9H,4,7H2,1H3. The average molecular weight is 278 g/mol. The lowest BCUT2D eigenvalue weighted by atomic mass is 10.0. The number of benzene rings is 2. The molecule has 0 bridgehead atoms. The maximum absolute atomic E-state index is 13.0. The molecule has 0 saturated heterocycles. The van der Waals surface area contributed by atoms with Gasteiger partial charge in [-0.25, -0.2) is 13.2 Å². The smallest absolute Gasteiger partial charge is 0.194 e. The van der Waals surface area contributed by atoms with E-state index in [1.807, 2.05) is 19.1 Å². The molecule has 104 valence electrons. The fourth-order valence-electron chi connectivity index (χ4n) is 1.89. The second-order valence-corrected chi connectivity index (χ2v) is 4.66. The quantitative estimate of drug-likeness (QED) is 0.604. The minimum Gasteiger partial charge on any atom is -0.294 e. The highest BCUT2D eigenvalue weighted by Gasteiger charge is 2.12. The van der Waals surface area contributed by atoms with Gasteiger partial charge in [-0.15, -0.1) is 0 Å².